The molecule has 122 valence electrons. The molecule has 2 nitrogen and oxygen atoms in total. The molecule has 0 fully saturated rings. The standard InChI is InChI=1S/C20H30O2/c1-14(2)18-11-10-17-9-8-16(12-19(17)13-18)6-5-7-20(21)22-15(3)4/h8-9,12,14-15,18H,5-7,10-11,13H2,1-4H3. The van der Waals surface area contributed by atoms with Gasteiger partial charge in [0.05, 0.1) is 6.10 Å². The van der Waals surface area contributed by atoms with Crippen molar-refractivity contribution in [3.63, 3.8) is 0 Å². The molecule has 1 aliphatic carbocycles. The van der Waals surface area contributed by atoms with E-state index in [2.05, 4.69) is 32.0 Å². The van der Waals surface area contributed by atoms with E-state index in [-0.39, 0.29) is 12.1 Å². The van der Waals surface area contributed by atoms with Crippen LogP contribution in [-0.2, 0) is 28.8 Å². The normalized spacial score (nSPS) is 17.6. The highest BCUT2D eigenvalue weighted by Gasteiger charge is 2.21. The second-order valence-electron chi connectivity index (χ2n) is 7.24. The van der Waals surface area contributed by atoms with E-state index in [0.717, 1.165) is 24.7 Å². The number of carbonyl (C=O) groups excluding carboxylic acids is 1. The van der Waals surface area contributed by atoms with Gasteiger partial charge in [-0.25, -0.2) is 0 Å². The van der Waals surface area contributed by atoms with Gasteiger partial charge in [-0.1, -0.05) is 32.0 Å². The van der Waals surface area contributed by atoms with E-state index in [1.54, 1.807) is 0 Å². The first-order chi connectivity index (χ1) is 10.5. The lowest BCUT2D eigenvalue weighted by Gasteiger charge is -2.28. The zero-order chi connectivity index (χ0) is 16.1. The Bertz CT molecular complexity index is 502. The van der Waals surface area contributed by atoms with Crippen molar-refractivity contribution >= 4 is 5.97 Å². The van der Waals surface area contributed by atoms with Crippen LogP contribution in [0.25, 0.3) is 0 Å². The first-order valence-electron chi connectivity index (χ1n) is 8.76. The van der Waals surface area contributed by atoms with Gasteiger partial charge in [0.15, 0.2) is 0 Å². The fraction of sp³-hybridized carbons (Fsp3) is 0.650. The SMILES string of the molecule is CC(C)OC(=O)CCCc1ccc2c(c1)CC(C(C)C)CC2. The van der Waals surface area contributed by atoms with E-state index in [0.29, 0.717) is 6.42 Å². The fourth-order valence-electron chi connectivity index (χ4n) is 3.32. The van der Waals surface area contributed by atoms with E-state index >= 15 is 0 Å². The quantitative estimate of drug-likeness (QED) is 0.711. The molecular weight excluding hydrogens is 272 g/mol. The zero-order valence-electron chi connectivity index (χ0n) is 14.5. The van der Waals surface area contributed by atoms with Crippen LogP contribution in [-0.4, -0.2) is 12.1 Å². The van der Waals surface area contributed by atoms with Gasteiger partial charge < -0.3 is 4.74 Å². The van der Waals surface area contributed by atoms with E-state index < -0.39 is 0 Å². The van der Waals surface area contributed by atoms with Gasteiger partial charge in [0.2, 0.25) is 0 Å². The molecule has 1 atom stereocenters. The highest BCUT2D eigenvalue weighted by molar-refractivity contribution is 5.69. The maximum Gasteiger partial charge on any atom is 0.306 e. The first kappa shape index (κ1) is 17.1. The van der Waals surface area contributed by atoms with Crippen LogP contribution in [0.1, 0.15) is 63.6 Å². The van der Waals surface area contributed by atoms with Crippen molar-refractivity contribution in [2.45, 2.75) is 72.3 Å². The zero-order valence-corrected chi connectivity index (χ0v) is 14.5. The van der Waals surface area contributed by atoms with Gasteiger partial charge in [0, 0.05) is 6.42 Å². The summed E-state index contributed by atoms with van der Waals surface area (Å²) in [5.74, 6) is 1.51. The summed E-state index contributed by atoms with van der Waals surface area (Å²) < 4.78 is 5.18. The summed E-state index contributed by atoms with van der Waals surface area (Å²) in [6.45, 7) is 8.46. The third-order valence-corrected chi connectivity index (χ3v) is 4.69. The molecule has 2 heteroatoms. The second kappa shape index (κ2) is 7.80. The molecule has 1 unspecified atom stereocenters. The molecule has 22 heavy (non-hydrogen) atoms. The van der Waals surface area contributed by atoms with Crippen molar-refractivity contribution < 1.29 is 9.53 Å². The van der Waals surface area contributed by atoms with Crippen LogP contribution in [0.3, 0.4) is 0 Å². The topological polar surface area (TPSA) is 26.3 Å². The predicted molar refractivity (Wildman–Crippen MR) is 91.0 cm³/mol. The smallest absolute Gasteiger partial charge is 0.306 e. The highest BCUT2D eigenvalue weighted by atomic mass is 16.5. The largest absolute Gasteiger partial charge is 0.463 e. The Morgan fingerprint density at radius 3 is 2.68 bits per heavy atom. The third kappa shape index (κ3) is 4.86. The van der Waals surface area contributed by atoms with Gasteiger partial charge in [0.25, 0.3) is 0 Å². The first-order valence-corrected chi connectivity index (χ1v) is 8.76. The van der Waals surface area contributed by atoms with E-state index in [9.17, 15) is 4.79 Å². The van der Waals surface area contributed by atoms with Crippen molar-refractivity contribution in [2.75, 3.05) is 0 Å². The molecule has 1 aromatic carbocycles. The molecule has 1 aliphatic rings. The lowest BCUT2D eigenvalue weighted by atomic mass is 9.78. The Morgan fingerprint density at radius 2 is 2.00 bits per heavy atom. The lowest BCUT2D eigenvalue weighted by molar-refractivity contribution is -0.147. The minimum absolute atomic E-state index is 0.00999. The molecule has 2 rings (SSSR count). The van der Waals surface area contributed by atoms with Gasteiger partial charge in [0.1, 0.15) is 0 Å². The summed E-state index contributed by atoms with van der Waals surface area (Å²) in [4.78, 5) is 11.6. The van der Waals surface area contributed by atoms with E-state index in [1.807, 2.05) is 13.8 Å². The maximum atomic E-state index is 11.6. The predicted octanol–water partition coefficient (Wildman–Crippen LogP) is 4.72. The monoisotopic (exact) mass is 302 g/mol. The molecule has 1 aromatic rings. The van der Waals surface area contributed by atoms with Crippen LogP contribution in [0.5, 0.6) is 0 Å². The Hall–Kier alpha value is -1.31. The fourth-order valence-corrected chi connectivity index (χ4v) is 3.32. The van der Waals surface area contributed by atoms with Crippen molar-refractivity contribution in [2.24, 2.45) is 11.8 Å². The number of rotatable bonds is 6. The molecule has 0 amide bonds. The summed E-state index contributed by atoms with van der Waals surface area (Å²) in [6, 6.07) is 6.91. The van der Waals surface area contributed by atoms with Crippen LogP contribution in [0.4, 0.5) is 0 Å². The van der Waals surface area contributed by atoms with Gasteiger partial charge in [-0.15, -0.1) is 0 Å². The summed E-state index contributed by atoms with van der Waals surface area (Å²) in [6.07, 6.45) is 6.11. The molecule has 0 spiro atoms. The summed E-state index contributed by atoms with van der Waals surface area (Å²) in [7, 11) is 0. The molecule has 0 bridgehead atoms. The number of carbonyl (C=O) groups is 1. The summed E-state index contributed by atoms with van der Waals surface area (Å²) in [5, 5.41) is 0. The maximum absolute atomic E-state index is 11.6. The van der Waals surface area contributed by atoms with Crippen LogP contribution in [0.2, 0.25) is 0 Å². The second-order valence-corrected chi connectivity index (χ2v) is 7.24. The van der Waals surface area contributed by atoms with Crippen molar-refractivity contribution in [3.8, 4) is 0 Å². The number of ether oxygens (including phenoxy) is 1. The molecule has 0 aromatic heterocycles. The number of benzene rings is 1. The molecular formula is C20H30O2. The molecule has 0 radical (unpaired) electrons. The minimum atomic E-state index is -0.0761. The third-order valence-electron chi connectivity index (χ3n) is 4.69. The summed E-state index contributed by atoms with van der Waals surface area (Å²) >= 11 is 0. The average molecular weight is 302 g/mol. The van der Waals surface area contributed by atoms with Crippen LogP contribution in [0.15, 0.2) is 18.2 Å². The van der Waals surface area contributed by atoms with Crippen molar-refractivity contribution in [1.82, 2.24) is 0 Å². The van der Waals surface area contributed by atoms with Crippen LogP contribution < -0.4 is 0 Å². The molecule has 0 N–H and O–H groups in total. The lowest BCUT2D eigenvalue weighted by Crippen LogP contribution is -2.19. The van der Waals surface area contributed by atoms with Crippen LogP contribution in [0, 0.1) is 11.8 Å². The average Bonchev–Trinajstić information content (AvgIpc) is 2.45. The number of aryl methyl sites for hydroxylation is 2. The van der Waals surface area contributed by atoms with Gasteiger partial charge in [-0.05, 0) is 74.5 Å². The number of fused-ring (bicyclic) bond motifs is 1. The van der Waals surface area contributed by atoms with E-state index in [4.69, 9.17) is 4.74 Å². The number of hydrogen-bond acceptors (Lipinski definition) is 2. The minimum Gasteiger partial charge on any atom is -0.463 e. The van der Waals surface area contributed by atoms with Crippen molar-refractivity contribution in [3.05, 3.63) is 34.9 Å². The molecule has 0 saturated heterocycles. The van der Waals surface area contributed by atoms with Crippen molar-refractivity contribution in [1.29, 1.82) is 0 Å². The molecule has 0 heterocycles. The van der Waals surface area contributed by atoms with Gasteiger partial charge >= 0.3 is 5.97 Å². The van der Waals surface area contributed by atoms with Gasteiger partial charge in [-0.2, -0.15) is 0 Å². The van der Waals surface area contributed by atoms with E-state index in [1.165, 1.54) is 36.0 Å². The van der Waals surface area contributed by atoms with Gasteiger partial charge in [-0.3, -0.25) is 4.79 Å². The summed E-state index contributed by atoms with van der Waals surface area (Å²) in [5.41, 5.74) is 4.42. The Balaban J connectivity index is 1.88. The molecule has 0 saturated carbocycles. The highest BCUT2D eigenvalue weighted by Crippen LogP contribution is 2.31. The Kier molecular flexibility index (Phi) is 6.05. The Labute approximate surface area is 135 Å². The Morgan fingerprint density at radius 1 is 1.23 bits per heavy atom. The number of hydrogen-bond donors (Lipinski definition) is 0. The molecule has 0 aliphatic heterocycles. The number of esters is 1. The van der Waals surface area contributed by atoms with Crippen LogP contribution >= 0.6 is 0 Å².